The van der Waals surface area contributed by atoms with Gasteiger partial charge in [-0.15, -0.1) is 0 Å². The molecule has 168 valence electrons. The molecule has 32 heavy (non-hydrogen) atoms. The molecule has 1 atom stereocenters. The van der Waals surface area contributed by atoms with Crippen LogP contribution in [0.2, 0.25) is 5.02 Å². The van der Waals surface area contributed by atoms with Gasteiger partial charge >= 0.3 is 0 Å². The molecule has 0 saturated carbocycles. The maximum absolute atomic E-state index is 13.0. The summed E-state index contributed by atoms with van der Waals surface area (Å²) in [6.45, 7) is 9.66. The number of rotatable bonds is 6. The summed E-state index contributed by atoms with van der Waals surface area (Å²) in [5, 5.41) is 2.98. The second-order valence-electron chi connectivity index (χ2n) is 8.12. The Kier molecular flexibility index (Phi) is 6.96. The van der Waals surface area contributed by atoms with E-state index >= 15 is 0 Å². The molecular weight excluding hydrogens is 444 g/mol. The van der Waals surface area contributed by atoms with Crippen LogP contribution in [0.4, 0.5) is 5.69 Å². The summed E-state index contributed by atoms with van der Waals surface area (Å²) < 4.78 is 28.6. The monoisotopic (exact) mass is 470 g/mol. The van der Waals surface area contributed by atoms with Crippen LogP contribution in [0, 0.1) is 27.7 Å². The van der Waals surface area contributed by atoms with Crippen LogP contribution in [0.3, 0.4) is 0 Å². The lowest BCUT2D eigenvalue weighted by Gasteiger charge is -2.18. The molecule has 0 spiro atoms. The van der Waals surface area contributed by atoms with Gasteiger partial charge in [-0.25, -0.2) is 8.42 Å². The summed E-state index contributed by atoms with van der Waals surface area (Å²) >= 11 is 6.20. The largest absolute Gasteiger partial charge is 0.346 e. The van der Waals surface area contributed by atoms with E-state index in [2.05, 4.69) is 16.1 Å². The number of nitrogens with one attached hydrogen (secondary N) is 2. The first-order valence-electron chi connectivity index (χ1n) is 10.3. The van der Waals surface area contributed by atoms with Crippen molar-refractivity contribution in [2.45, 2.75) is 45.6 Å². The van der Waals surface area contributed by atoms with Crippen LogP contribution in [0.15, 0.2) is 59.5 Å². The van der Waals surface area contributed by atoms with Gasteiger partial charge in [-0.2, -0.15) is 0 Å². The molecule has 3 rings (SSSR count). The van der Waals surface area contributed by atoms with Gasteiger partial charge in [0.2, 0.25) is 0 Å². The minimum absolute atomic E-state index is 0.0428. The zero-order valence-electron chi connectivity index (χ0n) is 18.8. The Hall–Kier alpha value is -2.83. The number of sulfonamides is 1. The van der Waals surface area contributed by atoms with E-state index in [0.29, 0.717) is 5.69 Å². The van der Waals surface area contributed by atoms with Crippen molar-refractivity contribution >= 4 is 33.2 Å². The molecule has 0 bridgehead atoms. The normalized spacial score (nSPS) is 12.3. The summed E-state index contributed by atoms with van der Waals surface area (Å²) in [4.78, 5) is 12.7. The van der Waals surface area contributed by atoms with Gasteiger partial charge in [-0.3, -0.25) is 9.52 Å². The maximum Gasteiger partial charge on any atom is 0.263 e. The standard InChI is InChI=1S/C25H27ClN2O3S/c1-15-6-9-21(17(3)12-15)19(5)27-25(29)20-8-10-22(26)24(14-20)32(30,31)28-23-11-7-16(2)13-18(23)4/h6-14,19,28H,1-5H3,(H,27,29)/t19-/m0/s1. The lowest BCUT2D eigenvalue weighted by atomic mass is 10.00. The summed E-state index contributed by atoms with van der Waals surface area (Å²) in [6, 6.07) is 15.5. The van der Waals surface area contributed by atoms with Gasteiger partial charge in [0.15, 0.2) is 0 Å². The molecule has 3 aromatic carbocycles. The van der Waals surface area contributed by atoms with Crippen molar-refractivity contribution in [3.63, 3.8) is 0 Å². The van der Waals surface area contributed by atoms with E-state index in [1.165, 1.54) is 18.2 Å². The van der Waals surface area contributed by atoms with Crippen molar-refractivity contribution in [1.29, 1.82) is 0 Å². The van der Waals surface area contributed by atoms with Gasteiger partial charge in [-0.05, 0) is 75.6 Å². The summed E-state index contributed by atoms with van der Waals surface area (Å²) in [5.74, 6) is -0.378. The maximum atomic E-state index is 13.0. The van der Waals surface area contributed by atoms with Crippen LogP contribution in [-0.4, -0.2) is 14.3 Å². The van der Waals surface area contributed by atoms with Crippen LogP contribution < -0.4 is 10.0 Å². The zero-order valence-corrected chi connectivity index (χ0v) is 20.4. The van der Waals surface area contributed by atoms with Gasteiger partial charge in [0.05, 0.1) is 16.8 Å². The predicted molar refractivity (Wildman–Crippen MR) is 130 cm³/mol. The van der Waals surface area contributed by atoms with E-state index in [-0.39, 0.29) is 27.4 Å². The Labute approximate surface area is 194 Å². The Bertz CT molecular complexity index is 1290. The van der Waals surface area contributed by atoms with Gasteiger partial charge < -0.3 is 5.32 Å². The van der Waals surface area contributed by atoms with E-state index in [1.807, 2.05) is 58.9 Å². The third-order valence-electron chi connectivity index (χ3n) is 5.35. The van der Waals surface area contributed by atoms with Crippen LogP contribution >= 0.6 is 11.6 Å². The molecule has 0 unspecified atom stereocenters. The summed E-state index contributed by atoms with van der Waals surface area (Å²) in [5.41, 5.74) is 5.73. The molecule has 1 amide bonds. The molecule has 0 aliphatic carbocycles. The van der Waals surface area contributed by atoms with Gasteiger partial charge in [-0.1, -0.05) is 53.1 Å². The average molecular weight is 471 g/mol. The van der Waals surface area contributed by atoms with Crippen LogP contribution in [0.1, 0.15) is 51.1 Å². The molecule has 0 aliphatic heterocycles. The number of hydrogen-bond acceptors (Lipinski definition) is 3. The molecule has 0 fully saturated rings. The summed E-state index contributed by atoms with van der Waals surface area (Å²) in [6.07, 6.45) is 0. The first-order valence-corrected chi connectivity index (χ1v) is 12.1. The number of hydrogen-bond donors (Lipinski definition) is 2. The first-order chi connectivity index (χ1) is 15.0. The topological polar surface area (TPSA) is 75.3 Å². The quantitative estimate of drug-likeness (QED) is 0.473. The highest BCUT2D eigenvalue weighted by molar-refractivity contribution is 7.92. The Balaban J connectivity index is 1.86. The number of carbonyl (C=O) groups excluding carboxylic acids is 1. The highest BCUT2D eigenvalue weighted by atomic mass is 35.5. The molecule has 0 heterocycles. The number of amides is 1. The molecule has 7 heteroatoms. The van der Waals surface area contributed by atoms with Crippen molar-refractivity contribution in [1.82, 2.24) is 5.32 Å². The molecule has 0 aromatic heterocycles. The molecule has 0 saturated heterocycles. The molecule has 0 radical (unpaired) electrons. The summed E-state index contributed by atoms with van der Waals surface area (Å²) in [7, 11) is -3.99. The molecule has 2 N–H and O–H groups in total. The molecular formula is C25H27ClN2O3S. The van der Waals surface area contributed by atoms with E-state index in [9.17, 15) is 13.2 Å². The Morgan fingerprint density at radius 1 is 0.875 bits per heavy atom. The van der Waals surface area contributed by atoms with E-state index in [0.717, 1.165) is 27.8 Å². The fourth-order valence-corrected chi connectivity index (χ4v) is 5.31. The second-order valence-corrected chi connectivity index (χ2v) is 10.2. The fraction of sp³-hybridized carbons (Fsp3) is 0.240. The van der Waals surface area contributed by atoms with E-state index in [4.69, 9.17) is 11.6 Å². The molecule has 3 aromatic rings. The van der Waals surface area contributed by atoms with Crippen LogP contribution in [0.25, 0.3) is 0 Å². The van der Waals surface area contributed by atoms with Crippen molar-refractivity contribution in [2.24, 2.45) is 0 Å². The highest BCUT2D eigenvalue weighted by Gasteiger charge is 2.22. The highest BCUT2D eigenvalue weighted by Crippen LogP contribution is 2.27. The Morgan fingerprint density at radius 3 is 2.12 bits per heavy atom. The van der Waals surface area contributed by atoms with Crippen molar-refractivity contribution < 1.29 is 13.2 Å². The third-order valence-corrected chi connectivity index (χ3v) is 7.20. The first kappa shape index (κ1) is 23.8. The predicted octanol–water partition coefficient (Wildman–Crippen LogP) is 5.87. The number of halogens is 1. The fourth-order valence-electron chi connectivity index (χ4n) is 3.65. The average Bonchev–Trinajstić information content (AvgIpc) is 2.70. The molecule has 5 nitrogen and oxygen atoms in total. The SMILES string of the molecule is Cc1ccc(NS(=O)(=O)c2cc(C(=O)N[C@@H](C)c3ccc(C)cc3C)ccc2Cl)c(C)c1. The second kappa shape index (κ2) is 9.35. The third kappa shape index (κ3) is 5.31. The van der Waals surface area contributed by atoms with Crippen molar-refractivity contribution in [3.8, 4) is 0 Å². The minimum atomic E-state index is -3.99. The van der Waals surface area contributed by atoms with Crippen molar-refractivity contribution in [2.75, 3.05) is 4.72 Å². The Morgan fingerprint density at radius 2 is 1.50 bits per heavy atom. The van der Waals surface area contributed by atoms with Crippen LogP contribution in [-0.2, 0) is 10.0 Å². The van der Waals surface area contributed by atoms with Crippen LogP contribution in [0.5, 0.6) is 0 Å². The van der Waals surface area contributed by atoms with Gasteiger partial charge in [0.1, 0.15) is 4.90 Å². The number of benzene rings is 3. The van der Waals surface area contributed by atoms with E-state index < -0.39 is 10.0 Å². The smallest absolute Gasteiger partial charge is 0.263 e. The minimum Gasteiger partial charge on any atom is -0.346 e. The lowest BCUT2D eigenvalue weighted by molar-refractivity contribution is 0.0939. The number of anilines is 1. The molecule has 0 aliphatic rings. The zero-order chi connectivity index (χ0) is 23.6. The van der Waals surface area contributed by atoms with E-state index in [1.54, 1.807) is 6.07 Å². The van der Waals surface area contributed by atoms with Crippen molar-refractivity contribution in [3.05, 3.63) is 93.0 Å². The van der Waals surface area contributed by atoms with Gasteiger partial charge in [0, 0.05) is 5.56 Å². The van der Waals surface area contributed by atoms with Gasteiger partial charge in [0.25, 0.3) is 15.9 Å². The number of carbonyl (C=O) groups is 1. The lowest BCUT2D eigenvalue weighted by Crippen LogP contribution is -2.27. The number of aryl methyl sites for hydroxylation is 4.